The molecule has 0 heterocycles. The highest BCUT2D eigenvalue weighted by Gasteiger charge is 2.04. The van der Waals surface area contributed by atoms with Crippen LogP contribution in [0.3, 0.4) is 0 Å². The maximum atomic E-state index is 10.1. The SMILES string of the molecule is O=C=NCCc1ccc(S)cc1COCc1ccccc1. The number of carbonyl (C=O) groups excluding carboxylic acids is 1. The lowest BCUT2D eigenvalue weighted by Gasteiger charge is -2.10. The molecule has 0 aliphatic carbocycles. The van der Waals surface area contributed by atoms with Crippen LogP contribution in [0.4, 0.5) is 0 Å². The molecule has 0 unspecified atom stereocenters. The Hall–Kier alpha value is -1.87. The fraction of sp³-hybridized carbons (Fsp3) is 0.235. The lowest BCUT2D eigenvalue weighted by atomic mass is 10.1. The molecule has 4 heteroatoms. The molecule has 0 N–H and O–H groups in total. The number of benzene rings is 2. The first-order valence-corrected chi connectivity index (χ1v) is 7.20. The van der Waals surface area contributed by atoms with Crippen LogP contribution in [0.5, 0.6) is 0 Å². The molecule has 0 radical (unpaired) electrons. The highest BCUT2D eigenvalue weighted by Crippen LogP contribution is 2.17. The average Bonchev–Trinajstić information content (AvgIpc) is 2.51. The van der Waals surface area contributed by atoms with Crippen LogP contribution in [0.1, 0.15) is 16.7 Å². The van der Waals surface area contributed by atoms with Crippen LogP contribution in [0.2, 0.25) is 0 Å². The Bertz CT molecular complexity index is 622. The average molecular weight is 299 g/mol. The zero-order valence-electron chi connectivity index (χ0n) is 11.7. The van der Waals surface area contributed by atoms with Crippen molar-refractivity contribution in [1.82, 2.24) is 0 Å². The van der Waals surface area contributed by atoms with Crippen molar-refractivity contribution in [1.29, 1.82) is 0 Å². The summed E-state index contributed by atoms with van der Waals surface area (Å²) in [5, 5.41) is 0. The Morgan fingerprint density at radius 1 is 1.05 bits per heavy atom. The van der Waals surface area contributed by atoms with Crippen LogP contribution in [0.15, 0.2) is 58.4 Å². The van der Waals surface area contributed by atoms with E-state index in [-0.39, 0.29) is 0 Å². The lowest BCUT2D eigenvalue weighted by molar-refractivity contribution is 0.106. The number of thiol groups is 1. The second-order valence-electron chi connectivity index (χ2n) is 4.65. The van der Waals surface area contributed by atoms with Gasteiger partial charge in [0.15, 0.2) is 0 Å². The molecule has 21 heavy (non-hydrogen) atoms. The molecule has 0 amide bonds. The van der Waals surface area contributed by atoms with E-state index in [1.54, 1.807) is 6.08 Å². The van der Waals surface area contributed by atoms with Gasteiger partial charge in [0.2, 0.25) is 6.08 Å². The van der Waals surface area contributed by atoms with Crippen LogP contribution in [0.25, 0.3) is 0 Å². The number of nitrogens with zero attached hydrogens (tertiary/aromatic N) is 1. The molecular formula is C17H17NO2S. The first-order valence-electron chi connectivity index (χ1n) is 6.75. The highest BCUT2D eigenvalue weighted by molar-refractivity contribution is 7.80. The molecule has 0 aromatic heterocycles. The van der Waals surface area contributed by atoms with Crippen LogP contribution in [-0.4, -0.2) is 12.6 Å². The summed E-state index contributed by atoms with van der Waals surface area (Å²) >= 11 is 4.36. The molecule has 0 spiro atoms. The normalized spacial score (nSPS) is 10.1. The number of hydrogen-bond acceptors (Lipinski definition) is 4. The monoisotopic (exact) mass is 299 g/mol. The quantitative estimate of drug-likeness (QED) is 0.482. The second-order valence-corrected chi connectivity index (χ2v) is 5.17. The molecule has 2 aromatic rings. The molecule has 2 rings (SSSR count). The van der Waals surface area contributed by atoms with Gasteiger partial charge in [-0.3, -0.25) is 0 Å². The minimum absolute atomic E-state index is 0.446. The van der Waals surface area contributed by atoms with E-state index in [9.17, 15) is 4.79 Å². The molecule has 0 saturated heterocycles. The fourth-order valence-electron chi connectivity index (χ4n) is 2.07. The molecule has 0 atom stereocenters. The number of rotatable bonds is 7. The van der Waals surface area contributed by atoms with Crippen molar-refractivity contribution in [3.05, 3.63) is 65.2 Å². The summed E-state index contributed by atoms with van der Waals surface area (Å²) in [4.78, 5) is 14.6. The predicted molar refractivity (Wildman–Crippen MR) is 85.3 cm³/mol. The largest absolute Gasteiger partial charge is 0.372 e. The Morgan fingerprint density at radius 3 is 2.62 bits per heavy atom. The molecule has 3 nitrogen and oxygen atoms in total. The zero-order chi connectivity index (χ0) is 14.9. The van der Waals surface area contributed by atoms with E-state index in [4.69, 9.17) is 4.74 Å². The lowest BCUT2D eigenvalue weighted by Crippen LogP contribution is -2.00. The molecule has 2 aromatic carbocycles. The number of hydrogen-bond donors (Lipinski definition) is 1. The Kier molecular flexibility index (Phi) is 6.22. The van der Waals surface area contributed by atoms with E-state index >= 15 is 0 Å². The minimum atomic E-state index is 0.446. The summed E-state index contributed by atoms with van der Waals surface area (Å²) in [5.41, 5.74) is 3.35. The maximum Gasteiger partial charge on any atom is 0.234 e. The number of aliphatic imine (C=N–C) groups is 1. The summed E-state index contributed by atoms with van der Waals surface area (Å²) in [6.07, 6.45) is 2.26. The van der Waals surface area contributed by atoms with Crippen molar-refractivity contribution >= 4 is 18.7 Å². The van der Waals surface area contributed by atoms with Gasteiger partial charge in [-0.25, -0.2) is 9.79 Å². The first kappa shape index (κ1) is 15.5. The van der Waals surface area contributed by atoms with Crippen molar-refractivity contribution in [2.24, 2.45) is 4.99 Å². The maximum absolute atomic E-state index is 10.1. The molecule has 0 saturated carbocycles. The standard InChI is InChI=1S/C17H17NO2S/c19-13-18-9-8-15-6-7-17(21)10-16(15)12-20-11-14-4-2-1-3-5-14/h1-7,10,21H,8-9,11-12H2. The first-order chi connectivity index (χ1) is 10.3. The van der Waals surface area contributed by atoms with Gasteiger partial charge >= 0.3 is 0 Å². The van der Waals surface area contributed by atoms with Gasteiger partial charge in [-0.1, -0.05) is 36.4 Å². The van der Waals surface area contributed by atoms with Crippen molar-refractivity contribution in [3.63, 3.8) is 0 Å². The van der Waals surface area contributed by atoms with Crippen molar-refractivity contribution in [3.8, 4) is 0 Å². The molecule has 0 aliphatic heterocycles. The predicted octanol–water partition coefficient (Wildman–Crippen LogP) is 3.57. The van der Waals surface area contributed by atoms with E-state index < -0.39 is 0 Å². The van der Waals surface area contributed by atoms with Gasteiger partial charge in [0, 0.05) is 4.90 Å². The molecule has 0 aliphatic rings. The van der Waals surface area contributed by atoms with E-state index in [1.807, 2.05) is 48.5 Å². The summed E-state index contributed by atoms with van der Waals surface area (Å²) in [6.45, 7) is 1.54. The van der Waals surface area contributed by atoms with E-state index in [0.29, 0.717) is 26.2 Å². The Morgan fingerprint density at radius 2 is 1.86 bits per heavy atom. The smallest absolute Gasteiger partial charge is 0.234 e. The molecule has 0 bridgehead atoms. The third kappa shape index (κ3) is 5.20. The Labute approximate surface area is 130 Å². The van der Waals surface area contributed by atoms with E-state index in [1.165, 1.54) is 0 Å². The summed E-state index contributed by atoms with van der Waals surface area (Å²) in [7, 11) is 0. The minimum Gasteiger partial charge on any atom is -0.372 e. The van der Waals surface area contributed by atoms with Crippen LogP contribution >= 0.6 is 12.6 Å². The molecule has 108 valence electrons. The second kappa shape index (κ2) is 8.42. The molecular weight excluding hydrogens is 282 g/mol. The van der Waals surface area contributed by atoms with Gasteiger partial charge in [0.1, 0.15) is 0 Å². The van der Waals surface area contributed by atoms with Crippen molar-refractivity contribution in [2.45, 2.75) is 24.5 Å². The van der Waals surface area contributed by atoms with E-state index in [0.717, 1.165) is 21.6 Å². The van der Waals surface area contributed by atoms with Gasteiger partial charge in [0.05, 0.1) is 19.8 Å². The van der Waals surface area contributed by atoms with Gasteiger partial charge in [0.25, 0.3) is 0 Å². The number of ether oxygens (including phenoxy) is 1. The van der Waals surface area contributed by atoms with E-state index in [2.05, 4.69) is 17.6 Å². The fourth-order valence-corrected chi connectivity index (χ4v) is 2.30. The zero-order valence-corrected chi connectivity index (χ0v) is 12.6. The summed E-state index contributed by atoms with van der Waals surface area (Å²) < 4.78 is 5.77. The third-order valence-corrected chi connectivity index (χ3v) is 3.39. The third-order valence-electron chi connectivity index (χ3n) is 3.12. The van der Waals surface area contributed by atoms with Gasteiger partial charge in [-0.15, -0.1) is 12.6 Å². The van der Waals surface area contributed by atoms with Crippen molar-refractivity contribution in [2.75, 3.05) is 6.54 Å². The summed E-state index contributed by atoms with van der Waals surface area (Å²) in [6, 6.07) is 16.0. The van der Waals surface area contributed by atoms with Gasteiger partial charge < -0.3 is 4.74 Å². The van der Waals surface area contributed by atoms with Crippen LogP contribution < -0.4 is 0 Å². The highest BCUT2D eigenvalue weighted by atomic mass is 32.1. The topological polar surface area (TPSA) is 38.7 Å². The Balaban J connectivity index is 1.97. The van der Waals surface area contributed by atoms with Crippen molar-refractivity contribution < 1.29 is 9.53 Å². The summed E-state index contributed by atoms with van der Waals surface area (Å²) in [5.74, 6) is 0. The van der Waals surface area contributed by atoms with Gasteiger partial charge in [-0.05, 0) is 35.2 Å². The molecule has 0 fully saturated rings. The van der Waals surface area contributed by atoms with Crippen LogP contribution in [-0.2, 0) is 29.2 Å². The number of isocyanates is 1. The van der Waals surface area contributed by atoms with Crippen LogP contribution in [0, 0.1) is 0 Å². The van der Waals surface area contributed by atoms with Gasteiger partial charge in [-0.2, -0.15) is 0 Å².